The molecule has 0 fully saturated rings. The van der Waals surface area contributed by atoms with E-state index in [1.807, 2.05) is 61.5 Å². The van der Waals surface area contributed by atoms with Crippen molar-refractivity contribution in [1.29, 1.82) is 0 Å². The lowest BCUT2D eigenvalue weighted by atomic mass is 10.1. The average Bonchev–Trinajstić information content (AvgIpc) is 3.09. The summed E-state index contributed by atoms with van der Waals surface area (Å²) in [6.07, 6.45) is 4.70. The molecule has 0 atom stereocenters. The summed E-state index contributed by atoms with van der Waals surface area (Å²) in [5.41, 5.74) is 2.14. The Morgan fingerprint density at radius 3 is 2.42 bits per heavy atom. The first-order valence-corrected chi connectivity index (χ1v) is 9.88. The first-order chi connectivity index (χ1) is 15.1. The number of Topliss-reactive ketones (excluding diaryl/α,β-unsaturated/α-hetero) is 1. The highest BCUT2D eigenvalue weighted by Gasteiger charge is 2.28. The van der Waals surface area contributed by atoms with Gasteiger partial charge in [0.15, 0.2) is 5.76 Å². The molecule has 5 heteroatoms. The maximum atomic E-state index is 12.6. The standard InChI is InChI=1S/C26H20O5/c1-2-29-20-11-8-19(9-12-20)16-24-26(28)22-14-13-21(17-23(22)31-24)30-25(27)15-10-18-6-4-3-5-7-18/h3-17H,2H2,1H3/b15-10+,24-16-. The number of carbonyl (C=O) groups is 2. The van der Waals surface area contributed by atoms with Crippen molar-refractivity contribution >= 4 is 23.9 Å². The highest BCUT2D eigenvalue weighted by atomic mass is 16.5. The second kappa shape index (κ2) is 9.13. The van der Waals surface area contributed by atoms with Crippen LogP contribution in [0.5, 0.6) is 17.2 Å². The Balaban J connectivity index is 1.45. The van der Waals surface area contributed by atoms with E-state index >= 15 is 0 Å². The predicted molar refractivity (Wildman–Crippen MR) is 118 cm³/mol. The van der Waals surface area contributed by atoms with Gasteiger partial charge in [0.25, 0.3) is 0 Å². The summed E-state index contributed by atoms with van der Waals surface area (Å²) in [5.74, 6) is 0.908. The zero-order valence-corrected chi connectivity index (χ0v) is 16.9. The summed E-state index contributed by atoms with van der Waals surface area (Å²) in [6.45, 7) is 2.51. The fraction of sp³-hybridized carbons (Fsp3) is 0.0769. The van der Waals surface area contributed by atoms with Crippen molar-refractivity contribution in [2.75, 3.05) is 6.61 Å². The molecule has 3 aromatic carbocycles. The third-order valence-electron chi connectivity index (χ3n) is 4.56. The SMILES string of the molecule is CCOc1ccc(/C=C2\Oc3cc(OC(=O)/C=C/c4ccccc4)ccc3C2=O)cc1. The van der Waals surface area contributed by atoms with Crippen LogP contribution in [0.25, 0.3) is 12.2 Å². The number of allylic oxidation sites excluding steroid dienone is 1. The molecule has 5 nitrogen and oxygen atoms in total. The Morgan fingerprint density at radius 2 is 1.68 bits per heavy atom. The molecule has 3 aromatic rings. The molecule has 0 N–H and O–H groups in total. The van der Waals surface area contributed by atoms with E-state index in [-0.39, 0.29) is 11.5 Å². The van der Waals surface area contributed by atoms with E-state index in [2.05, 4.69) is 0 Å². The minimum Gasteiger partial charge on any atom is -0.494 e. The van der Waals surface area contributed by atoms with Gasteiger partial charge in [0.1, 0.15) is 17.2 Å². The smallest absolute Gasteiger partial charge is 0.336 e. The lowest BCUT2D eigenvalue weighted by molar-refractivity contribution is -0.128. The highest BCUT2D eigenvalue weighted by Crippen LogP contribution is 2.35. The number of fused-ring (bicyclic) bond motifs is 1. The molecule has 0 saturated heterocycles. The molecular weight excluding hydrogens is 392 g/mol. The molecule has 31 heavy (non-hydrogen) atoms. The van der Waals surface area contributed by atoms with Gasteiger partial charge in [-0.1, -0.05) is 42.5 Å². The van der Waals surface area contributed by atoms with E-state index in [1.54, 1.807) is 30.4 Å². The van der Waals surface area contributed by atoms with Crippen LogP contribution in [-0.2, 0) is 4.79 Å². The van der Waals surface area contributed by atoms with Crippen LogP contribution in [0.2, 0.25) is 0 Å². The molecule has 0 amide bonds. The molecule has 1 aliphatic heterocycles. The zero-order chi connectivity index (χ0) is 21.6. The van der Waals surface area contributed by atoms with Crippen LogP contribution in [0, 0.1) is 0 Å². The lowest BCUT2D eigenvalue weighted by Gasteiger charge is -2.04. The fourth-order valence-electron chi connectivity index (χ4n) is 3.09. The van der Waals surface area contributed by atoms with Crippen LogP contribution in [0.1, 0.15) is 28.4 Å². The van der Waals surface area contributed by atoms with Gasteiger partial charge in [-0.3, -0.25) is 4.79 Å². The summed E-state index contributed by atoms with van der Waals surface area (Å²) in [7, 11) is 0. The van der Waals surface area contributed by atoms with Crippen molar-refractivity contribution in [1.82, 2.24) is 0 Å². The molecular formula is C26H20O5. The largest absolute Gasteiger partial charge is 0.494 e. The normalized spacial score (nSPS) is 13.8. The Kier molecular flexibility index (Phi) is 5.94. The molecule has 1 heterocycles. The third kappa shape index (κ3) is 4.90. The van der Waals surface area contributed by atoms with Crippen molar-refractivity contribution in [3.63, 3.8) is 0 Å². The number of hydrogen-bond acceptors (Lipinski definition) is 5. The minimum absolute atomic E-state index is 0.214. The molecule has 0 radical (unpaired) electrons. The van der Waals surface area contributed by atoms with Crippen LogP contribution in [0.3, 0.4) is 0 Å². The van der Waals surface area contributed by atoms with Crippen LogP contribution >= 0.6 is 0 Å². The molecule has 0 bridgehead atoms. The lowest BCUT2D eigenvalue weighted by Crippen LogP contribution is -2.03. The van der Waals surface area contributed by atoms with Crippen molar-refractivity contribution in [3.8, 4) is 17.2 Å². The Hall–Kier alpha value is -4.12. The van der Waals surface area contributed by atoms with E-state index in [0.717, 1.165) is 16.9 Å². The second-order valence-electron chi connectivity index (χ2n) is 6.76. The van der Waals surface area contributed by atoms with Crippen molar-refractivity contribution in [3.05, 3.63) is 101 Å². The van der Waals surface area contributed by atoms with Crippen LogP contribution in [0.4, 0.5) is 0 Å². The van der Waals surface area contributed by atoms with Crippen molar-refractivity contribution in [2.45, 2.75) is 6.92 Å². The molecule has 4 rings (SSSR count). The number of ketones is 1. The van der Waals surface area contributed by atoms with Crippen molar-refractivity contribution < 1.29 is 23.8 Å². The van der Waals surface area contributed by atoms with E-state index in [1.165, 1.54) is 6.08 Å². The molecule has 154 valence electrons. The van der Waals surface area contributed by atoms with Gasteiger partial charge in [0, 0.05) is 12.1 Å². The molecule has 0 saturated carbocycles. The number of hydrogen-bond donors (Lipinski definition) is 0. The third-order valence-corrected chi connectivity index (χ3v) is 4.56. The average molecular weight is 412 g/mol. The molecule has 0 unspecified atom stereocenters. The van der Waals surface area contributed by atoms with Crippen LogP contribution in [-0.4, -0.2) is 18.4 Å². The second-order valence-corrected chi connectivity index (χ2v) is 6.76. The quantitative estimate of drug-likeness (QED) is 0.311. The number of rotatable bonds is 6. The van der Waals surface area contributed by atoms with Gasteiger partial charge in [-0.15, -0.1) is 0 Å². The number of esters is 1. The number of ether oxygens (including phenoxy) is 3. The Labute approximate surface area is 180 Å². The van der Waals surface area contributed by atoms with Crippen molar-refractivity contribution in [2.24, 2.45) is 0 Å². The zero-order valence-electron chi connectivity index (χ0n) is 16.9. The predicted octanol–water partition coefficient (Wildman–Crippen LogP) is 5.32. The van der Waals surface area contributed by atoms with Gasteiger partial charge >= 0.3 is 5.97 Å². The maximum Gasteiger partial charge on any atom is 0.336 e. The number of carbonyl (C=O) groups excluding carboxylic acids is 2. The van der Waals surface area contributed by atoms with Gasteiger partial charge in [-0.25, -0.2) is 4.79 Å². The van der Waals surface area contributed by atoms with Gasteiger partial charge < -0.3 is 14.2 Å². The highest BCUT2D eigenvalue weighted by molar-refractivity contribution is 6.14. The first kappa shape index (κ1) is 20.2. The van der Waals surface area contributed by atoms with E-state index < -0.39 is 5.97 Å². The summed E-state index contributed by atoms with van der Waals surface area (Å²) in [6, 6.07) is 21.5. The molecule has 1 aliphatic rings. The van der Waals surface area contributed by atoms with E-state index in [0.29, 0.717) is 23.7 Å². The van der Waals surface area contributed by atoms with Gasteiger partial charge in [0.05, 0.1) is 12.2 Å². The minimum atomic E-state index is -0.515. The van der Waals surface area contributed by atoms with Gasteiger partial charge in [0.2, 0.25) is 5.78 Å². The molecule has 0 spiro atoms. The van der Waals surface area contributed by atoms with Crippen LogP contribution < -0.4 is 14.2 Å². The summed E-state index contributed by atoms with van der Waals surface area (Å²) < 4.78 is 16.5. The summed E-state index contributed by atoms with van der Waals surface area (Å²) in [5, 5.41) is 0. The summed E-state index contributed by atoms with van der Waals surface area (Å²) >= 11 is 0. The monoisotopic (exact) mass is 412 g/mol. The molecule has 0 aliphatic carbocycles. The van der Waals surface area contributed by atoms with E-state index in [4.69, 9.17) is 14.2 Å². The van der Waals surface area contributed by atoms with Crippen LogP contribution in [0.15, 0.2) is 84.6 Å². The molecule has 0 aromatic heterocycles. The maximum absolute atomic E-state index is 12.6. The first-order valence-electron chi connectivity index (χ1n) is 9.88. The Bertz CT molecular complexity index is 1160. The fourth-order valence-corrected chi connectivity index (χ4v) is 3.09. The van der Waals surface area contributed by atoms with E-state index in [9.17, 15) is 9.59 Å². The topological polar surface area (TPSA) is 61.8 Å². The van der Waals surface area contributed by atoms with Gasteiger partial charge in [-0.2, -0.15) is 0 Å². The summed E-state index contributed by atoms with van der Waals surface area (Å²) in [4.78, 5) is 24.7. The van der Waals surface area contributed by atoms with Gasteiger partial charge in [-0.05, 0) is 54.5 Å². The number of benzene rings is 3. The Morgan fingerprint density at radius 1 is 0.935 bits per heavy atom.